The number of aliphatic hydroxyl groups is 3. The Kier molecular flexibility index (Phi) is 7.91. The van der Waals surface area contributed by atoms with E-state index in [2.05, 4.69) is 20.6 Å². The van der Waals surface area contributed by atoms with Crippen LogP contribution in [0.3, 0.4) is 0 Å². The molecule has 38 heavy (non-hydrogen) atoms. The van der Waals surface area contributed by atoms with E-state index in [0.29, 0.717) is 53.2 Å². The molecule has 4 aromatic rings. The molecule has 0 bridgehead atoms. The molecule has 1 saturated carbocycles. The highest BCUT2D eigenvalue weighted by Gasteiger charge is 2.41. The van der Waals surface area contributed by atoms with Gasteiger partial charge >= 0.3 is 0 Å². The Hall–Kier alpha value is -3.09. The van der Waals surface area contributed by atoms with Crippen LogP contribution in [0.15, 0.2) is 36.7 Å². The SMILES string of the molecule is COc1ccc(CCNc2nc(C)c(-c3nc4cnccc4s3)c(N[C@@H]3C[C@H](CO)[C@@H](O)[C@H]3O)n2)cc1Cl. The van der Waals surface area contributed by atoms with Gasteiger partial charge in [0.15, 0.2) is 0 Å². The summed E-state index contributed by atoms with van der Waals surface area (Å²) in [5.74, 6) is 1.12. The van der Waals surface area contributed by atoms with Crippen LogP contribution in [0.1, 0.15) is 17.7 Å². The number of thiazole rings is 1. The standard InChI is InChI=1S/C26H29ClN6O4S/c1-13-21(25-32-18-11-28-7-6-20(18)38-25)24(31-17-10-15(12-34)22(35)23(17)36)33-26(30-13)29-8-5-14-3-4-19(37-2)16(27)9-14/h3-4,6-7,9,11,15,17,22-23,34-36H,5,8,10,12H2,1-2H3,(H2,29,30,31,33)/t15-,17-,22-,23+/m1/s1. The second-order valence-corrected chi connectivity index (χ2v) is 10.7. The number of aliphatic hydroxyl groups excluding tert-OH is 3. The lowest BCUT2D eigenvalue weighted by Crippen LogP contribution is -2.35. The van der Waals surface area contributed by atoms with Crippen molar-refractivity contribution < 1.29 is 20.1 Å². The summed E-state index contributed by atoms with van der Waals surface area (Å²) in [6, 6.07) is 7.08. The van der Waals surface area contributed by atoms with E-state index in [1.807, 2.05) is 31.2 Å². The fourth-order valence-corrected chi connectivity index (χ4v) is 6.02. The van der Waals surface area contributed by atoms with Crippen LogP contribution in [0.2, 0.25) is 5.02 Å². The van der Waals surface area contributed by atoms with Crippen molar-refractivity contribution in [3.8, 4) is 16.3 Å². The number of halogens is 1. The number of hydrogen-bond donors (Lipinski definition) is 5. The molecule has 10 nitrogen and oxygen atoms in total. The molecule has 200 valence electrons. The number of anilines is 2. The minimum absolute atomic E-state index is 0.209. The number of ether oxygens (including phenoxy) is 1. The summed E-state index contributed by atoms with van der Waals surface area (Å²) < 4.78 is 6.20. The number of rotatable bonds is 9. The van der Waals surface area contributed by atoms with Gasteiger partial charge in [0.2, 0.25) is 5.95 Å². The topological polar surface area (TPSA) is 146 Å². The number of pyridine rings is 1. The van der Waals surface area contributed by atoms with Crippen molar-refractivity contribution in [3.05, 3.63) is 52.9 Å². The van der Waals surface area contributed by atoms with Gasteiger partial charge in [-0.25, -0.2) is 9.97 Å². The molecule has 1 fully saturated rings. The second-order valence-electron chi connectivity index (χ2n) is 9.27. The summed E-state index contributed by atoms with van der Waals surface area (Å²) in [7, 11) is 1.58. The van der Waals surface area contributed by atoms with Crippen molar-refractivity contribution in [2.45, 2.75) is 38.0 Å². The molecule has 5 rings (SSSR count). The highest BCUT2D eigenvalue weighted by molar-refractivity contribution is 7.21. The fourth-order valence-electron chi connectivity index (χ4n) is 4.71. The van der Waals surface area contributed by atoms with Crippen LogP contribution in [-0.2, 0) is 6.42 Å². The van der Waals surface area contributed by atoms with Crippen molar-refractivity contribution in [2.75, 3.05) is 30.9 Å². The molecular formula is C26H29ClN6O4S. The molecule has 0 amide bonds. The van der Waals surface area contributed by atoms with Gasteiger partial charge in [-0.3, -0.25) is 4.98 Å². The van der Waals surface area contributed by atoms with Crippen molar-refractivity contribution >= 4 is 44.9 Å². The van der Waals surface area contributed by atoms with Crippen LogP contribution in [-0.4, -0.2) is 73.8 Å². The summed E-state index contributed by atoms with van der Waals surface area (Å²) in [4.78, 5) is 18.3. The summed E-state index contributed by atoms with van der Waals surface area (Å²) in [5.41, 5.74) is 3.23. The molecule has 1 aromatic carbocycles. The van der Waals surface area contributed by atoms with Crippen molar-refractivity contribution in [1.29, 1.82) is 0 Å². The number of methoxy groups -OCH3 is 1. The van der Waals surface area contributed by atoms with Crippen molar-refractivity contribution in [2.24, 2.45) is 5.92 Å². The predicted molar refractivity (Wildman–Crippen MR) is 148 cm³/mol. The zero-order chi connectivity index (χ0) is 26.8. The van der Waals surface area contributed by atoms with E-state index in [0.717, 1.165) is 20.8 Å². The third-order valence-electron chi connectivity index (χ3n) is 6.77. The molecule has 0 radical (unpaired) electrons. The number of nitrogens with one attached hydrogen (secondary N) is 2. The first-order valence-electron chi connectivity index (χ1n) is 12.3. The zero-order valence-electron chi connectivity index (χ0n) is 20.9. The summed E-state index contributed by atoms with van der Waals surface area (Å²) in [6.07, 6.45) is 2.45. The van der Waals surface area contributed by atoms with Crippen LogP contribution in [0.5, 0.6) is 5.75 Å². The number of fused-ring (bicyclic) bond motifs is 1. The summed E-state index contributed by atoms with van der Waals surface area (Å²) in [6.45, 7) is 2.24. The Labute approximate surface area is 228 Å². The summed E-state index contributed by atoms with van der Waals surface area (Å²) >= 11 is 7.76. The van der Waals surface area contributed by atoms with E-state index < -0.39 is 24.2 Å². The number of aryl methyl sites for hydroxylation is 1. The zero-order valence-corrected chi connectivity index (χ0v) is 22.5. The van der Waals surface area contributed by atoms with Crippen LogP contribution in [0.25, 0.3) is 20.8 Å². The Balaban J connectivity index is 1.43. The van der Waals surface area contributed by atoms with E-state index in [1.165, 1.54) is 11.3 Å². The van der Waals surface area contributed by atoms with Gasteiger partial charge in [-0.1, -0.05) is 17.7 Å². The van der Waals surface area contributed by atoms with Gasteiger partial charge in [-0.15, -0.1) is 11.3 Å². The van der Waals surface area contributed by atoms with Gasteiger partial charge in [-0.05, 0) is 43.5 Å². The molecule has 3 aromatic heterocycles. The molecule has 0 unspecified atom stereocenters. The molecule has 1 aliphatic rings. The Morgan fingerprint density at radius 1 is 1.16 bits per heavy atom. The van der Waals surface area contributed by atoms with E-state index in [1.54, 1.807) is 19.5 Å². The van der Waals surface area contributed by atoms with Crippen molar-refractivity contribution in [1.82, 2.24) is 19.9 Å². The molecule has 3 heterocycles. The third-order valence-corrected chi connectivity index (χ3v) is 8.11. The first kappa shape index (κ1) is 26.5. The first-order chi connectivity index (χ1) is 18.4. The lowest BCUT2D eigenvalue weighted by Gasteiger charge is -2.21. The highest BCUT2D eigenvalue weighted by atomic mass is 35.5. The molecule has 0 spiro atoms. The normalized spacial score (nSPS) is 21.1. The number of hydrogen-bond acceptors (Lipinski definition) is 11. The molecule has 12 heteroatoms. The van der Waals surface area contributed by atoms with Gasteiger partial charge < -0.3 is 30.7 Å². The number of nitrogens with zero attached hydrogens (tertiary/aromatic N) is 4. The largest absolute Gasteiger partial charge is 0.495 e. The highest BCUT2D eigenvalue weighted by Crippen LogP contribution is 2.38. The monoisotopic (exact) mass is 556 g/mol. The molecule has 5 N–H and O–H groups in total. The maximum atomic E-state index is 10.6. The van der Waals surface area contributed by atoms with Gasteiger partial charge in [0.1, 0.15) is 28.2 Å². The fraction of sp³-hybridized carbons (Fsp3) is 0.385. The average Bonchev–Trinajstić information content (AvgIpc) is 3.44. The molecule has 0 aliphatic heterocycles. The van der Waals surface area contributed by atoms with E-state index >= 15 is 0 Å². The Morgan fingerprint density at radius 3 is 2.71 bits per heavy atom. The lowest BCUT2D eigenvalue weighted by molar-refractivity contribution is 0.00446. The maximum Gasteiger partial charge on any atom is 0.224 e. The molecular weight excluding hydrogens is 528 g/mol. The van der Waals surface area contributed by atoms with Crippen LogP contribution >= 0.6 is 22.9 Å². The number of benzene rings is 1. The third kappa shape index (κ3) is 5.38. The second kappa shape index (κ2) is 11.3. The first-order valence-corrected chi connectivity index (χ1v) is 13.5. The van der Waals surface area contributed by atoms with Gasteiger partial charge in [0.05, 0.1) is 46.4 Å². The lowest BCUT2D eigenvalue weighted by atomic mass is 10.1. The van der Waals surface area contributed by atoms with Crippen LogP contribution in [0.4, 0.5) is 11.8 Å². The van der Waals surface area contributed by atoms with E-state index in [4.69, 9.17) is 26.3 Å². The average molecular weight is 557 g/mol. The minimum Gasteiger partial charge on any atom is -0.495 e. The molecule has 0 saturated heterocycles. The summed E-state index contributed by atoms with van der Waals surface area (Å²) in [5, 5.41) is 38.5. The Morgan fingerprint density at radius 2 is 2.00 bits per heavy atom. The quantitative estimate of drug-likeness (QED) is 0.208. The van der Waals surface area contributed by atoms with Gasteiger partial charge in [0.25, 0.3) is 0 Å². The van der Waals surface area contributed by atoms with Crippen molar-refractivity contribution in [3.63, 3.8) is 0 Å². The predicted octanol–water partition coefficient (Wildman–Crippen LogP) is 3.29. The van der Waals surface area contributed by atoms with Crippen LogP contribution < -0.4 is 15.4 Å². The van der Waals surface area contributed by atoms with E-state index in [-0.39, 0.29) is 6.61 Å². The van der Waals surface area contributed by atoms with Gasteiger partial charge in [0, 0.05) is 25.3 Å². The maximum absolute atomic E-state index is 10.6. The van der Waals surface area contributed by atoms with Gasteiger partial charge in [-0.2, -0.15) is 4.98 Å². The number of aromatic nitrogens is 4. The molecule has 1 aliphatic carbocycles. The molecule has 4 atom stereocenters. The van der Waals surface area contributed by atoms with E-state index in [9.17, 15) is 15.3 Å². The minimum atomic E-state index is -1.05. The van der Waals surface area contributed by atoms with Crippen LogP contribution in [0, 0.1) is 12.8 Å². The smallest absolute Gasteiger partial charge is 0.224 e. The Bertz CT molecular complexity index is 1400.